The lowest BCUT2D eigenvalue weighted by Gasteiger charge is -1.99. The van der Waals surface area contributed by atoms with Gasteiger partial charge in [-0.3, -0.25) is 0 Å². The van der Waals surface area contributed by atoms with Gasteiger partial charge in [-0.05, 0) is 18.6 Å². The highest BCUT2D eigenvalue weighted by atomic mass is 32.1. The number of unbranched alkanes of at least 4 members (excludes halogenated alkanes) is 1. The molecule has 0 unspecified atom stereocenters. The first-order valence-corrected chi connectivity index (χ1v) is 5.80. The highest BCUT2D eigenvalue weighted by molar-refractivity contribution is 7.22. The molecule has 0 amide bonds. The van der Waals surface area contributed by atoms with Crippen LogP contribution in [0.4, 0.5) is 5.00 Å². The second-order valence-corrected chi connectivity index (χ2v) is 4.32. The minimum atomic E-state index is 1.06. The quantitative estimate of drug-likeness (QED) is 0.774. The Bertz CT molecular complexity index is 375. The molecule has 74 valence electrons. The molecule has 2 aromatic heterocycles. The Morgan fingerprint density at radius 1 is 1.50 bits per heavy atom. The zero-order valence-corrected chi connectivity index (χ0v) is 9.10. The fourth-order valence-corrected chi connectivity index (χ4v) is 2.28. The fraction of sp³-hybridized carbons (Fsp3) is 0.364. The maximum Gasteiger partial charge on any atom is 0.125 e. The van der Waals surface area contributed by atoms with E-state index in [0.717, 1.165) is 11.4 Å². The third-order valence-corrected chi connectivity index (χ3v) is 3.14. The summed E-state index contributed by atoms with van der Waals surface area (Å²) >= 11 is 1.73. The van der Waals surface area contributed by atoms with Crippen LogP contribution >= 0.6 is 11.3 Å². The third kappa shape index (κ3) is 2.04. The number of nitrogens with one attached hydrogen (secondary N) is 1. The molecular formula is C11H14N2S. The molecule has 0 aromatic carbocycles. The number of hydrogen-bond donors (Lipinski definition) is 1. The molecular weight excluding hydrogens is 192 g/mol. The van der Waals surface area contributed by atoms with Crippen LogP contribution in [0.1, 0.15) is 19.8 Å². The van der Waals surface area contributed by atoms with E-state index >= 15 is 0 Å². The van der Waals surface area contributed by atoms with Crippen molar-refractivity contribution in [2.45, 2.75) is 19.8 Å². The Kier molecular flexibility index (Phi) is 2.99. The van der Waals surface area contributed by atoms with E-state index in [9.17, 15) is 0 Å². The van der Waals surface area contributed by atoms with Gasteiger partial charge < -0.3 is 5.32 Å². The van der Waals surface area contributed by atoms with Crippen LogP contribution < -0.4 is 5.32 Å². The van der Waals surface area contributed by atoms with Crippen molar-refractivity contribution in [2.24, 2.45) is 0 Å². The van der Waals surface area contributed by atoms with E-state index in [4.69, 9.17) is 0 Å². The summed E-state index contributed by atoms with van der Waals surface area (Å²) in [6.45, 7) is 3.26. The number of thiophene rings is 1. The molecule has 3 heteroatoms. The number of aromatic nitrogens is 1. The van der Waals surface area contributed by atoms with Gasteiger partial charge in [-0.25, -0.2) is 4.98 Å². The topological polar surface area (TPSA) is 24.9 Å². The van der Waals surface area contributed by atoms with Crippen molar-refractivity contribution in [3.8, 4) is 0 Å². The average molecular weight is 206 g/mol. The zero-order chi connectivity index (χ0) is 9.80. The van der Waals surface area contributed by atoms with Gasteiger partial charge in [0.05, 0.1) is 5.00 Å². The van der Waals surface area contributed by atoms with E-state index in [1.165, 1.54) is 23.2 Å². The number of pyridine rings is 1. The lowest BCUT2D eigenvalue weighted by molar-refractivity contribution is 0.836. The molecule has 0 aliphatic heterocycles. The van der Waals surface area contributed by atoms with Crippen molar-refractivity contribution < 1.29 is 0 Å². The van der Waals surface area contributed by atoms with E-state index in [-0.39, 0.29) is 0 Å². The molecule has 0 radical (unpaired) electrons. The van der Waals surface area contributed by atoms with E-state index in [0.29, 0.717) is 0 Å². The fourth-order valence-electron chi connectivity index (χ4n) is 1.35. The lowest BCUT2D eigenvalue weighted by Crippen LogP contribution is -1.97. The minimum Gasteiger partial charge on any atom is -0.377 e. The first kappa shape index (κ1) is 9.46. The van der Waals surface area contributed by atoms with Crippen molar-refractivity contribution in [1.29, 1.82) is 0 Å². The van der Waals surface area contributed by atoms with Gasteiger partial charge >= 0.3 is 0 Å². The molecule has 0 spiro atoms. The van der Waals surface area contributed by atoms with Crippen molar-refractivity contribution in [1.82, 2.24) is 4.98 Å². The number of fused-ring (bicyclic) bond motifs is 1. The Hall–Kier alpha value is -1.09. The van der Waals surface area contributed by atoms with E-state index in [1.54, 1.807) is 11.3 Å². The molecule has 0 atom stereocenters. The predicted molar refractivity (Wildman–Crippen MR) is 63.0 cm³/mol. The molecule has 0 fully saturated rings. The second kappa shape index (κ2) is 4.42. The van der Waals surface area contributed by atoms with Crippen molar-refractivity contribution in [3.63, 3.8) is 0 Å². The molecule has 0 bridgehead atoms. The number of hydrogen-bond acceptors (Lipinski definition) is 3. The molecule has 2 aromatic rings. The average Bonchev–Trinajstić information content (AvgIpc) is 2.60. The van der Waals surface area contributed by atoms with Gasteiger partial charge in [0.25, 0.3) is 0 Å². The Morgan fingerprint density at radius 2 is 2.43 bits per heavy atom. The number of anilines is 1. The zero-order valence-electron chi connectivity index (χ0n) is 8.29. The van der Waals surface area contributed by atoms with Crippen molar-refractivity contribution >= 4 is 26.6 Å². The van der Waals surface area contributed by atoms with Gasteiger partial charge in [0.1, 0.15) is 4.83 Å². The largest absolute Gasteiger partial charge is 0.377 e. The van der Waals surface area contributed by atoms with Crippen LogP contribution in [-0.2, 0) is 0 Å². The van der Waals surface area contributed by atoms with Gasteiger partial charge in [0, 0.05) is 18.1 Å². The van der Waals surface area contributed by atoms with Crippen molar-refractivity contribution in [2.75, 3.05) is 11.9 Å². The van der Waals surface area contributed by atoms with Gasteiger partial charge in [0.15, 0.2) is 0 Å². The Balaban J connectivity index is 2.11. The van der Waals surface area contributed by atoms with E-state index < -0.39 is 0 Å². The second-order valence-electron chi connectivity index (χ2n) is 3.29. The Labute approximate surface area is 88.0 Å². The summed E-state index contributed by atoms with van der Waals surface area (Å²) in [5.74, 6) is 0. The summed E-state index contributed by atoms with van der Waals surface area (Å²) in [4.78, 5) is 5.43. The maximum absolute atomic E-state index is 4.31. The van der Waals surface area contributed by atoms with Gasteiger partial charge in [-0.15, -0.1) is 0 Å². The first-order chi connectivity index (χ1) is 6.90. The van der Waals surface area contributed by atoms with Crippen LogP contribution in [0.3, 0.4) is 0 Å². The smallest absolute Gasteiger partial charge is 0.125 e. The summed E-state index contributed by atoms with van der Waals surface area (Å²) < 4.78 is 0. The molecule has 1 N–H and O–H groups in total. The van der Waals surface area contributed by atoms with E-state index in [1.807, 2.05) is 12.3 Å². The van der Waals surface area contributed by atoms with Gasteiger partial charge in [-0.1, -0.05) is 30.7 Å². The monoisotopic (exact) mass is 206 g/mol. The maximum atomic E-state index is 4.31. The van der Waals surface area contributed by atoms with Crippen LogP contribution in [0, 0.1) is 0 Å². The minimum absolute atomic E-state index is 1.06. The summed E-state index contributed by atoms with van der Waals surface area (Å²) in [6, 6.07) is 6.25. The number of rotatable bonds is 4. The standard InChI is InChI=1S/C11H14N2S/c1-2-3-6-12-10-8-9-5-4-7-13-11(9)14-10/h4-5,7-8,12H,2-3,6H2,1H3. The van der Waals surface area contributed by atoms with Crippen LogP contribution in [0.15, 0.2) is 24.4 Å². The van der Waals surface area contributed by atoms with Gasteiger partial charge in [0.2, 0.25) is 0 Å². The molecule has 14 heavy (non-hydrogen) atoms. The molecule has 0 aliphatic carbocycles. The van der Waals surface area contributed by atoms with Crippen LogP contribution in [-0.4, -0.2) is 11.5 Å². The van der Waals surface area contributed by atoms with Crippen LogP contribution in [0.5, 0.6) is 0 Å². The van der Waals surface area contributed by atoms with Crippen molar-refractivity contribution in [3.05, 3.63) is 24.4 Å². The van der Waals surface area contributed by atoms with Gasteiger partial charge in [-0.2, -0.15) is 0 Å². The number of nitrogens with zero attached hydrogens (tertiary/aromatic N) is 1. The summed E-state index contributed by atoms with van der Waals surface area (Å²) in [5.41, 5.74) is 0. The molecule has 2 heterocycles. The van der Waals surface area contributed by atoms with Crippen LogP contribution in [0.25, 0.3) is 10.2 Å². The predicted octanol–water partition coefficient (Wildman–Crippen LogP) is 3.51. The van der Waals surface area contributed by atoms with E-state index in [2.05, 4.69) is 29.4 Å². The third-order valence-electron chi connectivity index (χ3n) is 2.12. The molecule has 2 nitrogen and oxygen atoms in total. The van der Waals surface area contributed by atoms with Crippen LogP contribution in [0.2, 0.25) is 0 Å². The highest BCUT2D eigenvalue weighted by Crippen LogP contribution is 2.27. The lowest BCUT2D eigenvalue weighted by atomic mass is 10.3. The SMILES string of the molecule is CCCCNc1cc2cccnc2s1. The summed E-state index contributed by atoms with van der Waals surface area (Å²) in [7, 11) is 0. The summed E-state index contributed by atoms with van der Waals surface area (Å²) in [6.07, 6.45) is 4.30. The first-order valence-electron chi connectivity index (χ1n) is 4.98. The molecule has 0 saturated carbocycles. The normalized spacial score (nSPS) is 10.6. The molecule has 2 rings (SSSR count). The summed E-state index contributed by atoms with van der Waals surface area (Å²) in [5, 5.41) is 5.88. The Morgan fingerprint density at radius 3 is 3.21 bits per heavy atom. The highest BCUT2D eigenvalue weighted by Gasteiger charge is 2.00. The molecule has 0 saturated heterocycles. The molecule has 0 aliphatic rings.